The number of para-hydroxylation sites is 1. The van der Waals surface area contributed by atoms with E-state index in [0.717, 1.165) is 30.9 Å². The van der Waals surface area contributed by atoms with Crippen LogP contribution in [-0.4, -0.2) is 57.7 Å². The molecule has 1 atom stereocenters. The van der Waals surface area contributed by atoms with Crippen LogP contribution in [0.5, 0.6) is 5.75 Å². The normalized spacial score (nSPS) is 21.6. The fraction of sp³-hybridized carbons (Fsp3) is 0.435. The molecule has 1 unspecified atom stereocenters. The maximum atomic E-state index is 12.7. The molecule has 0 radical (unpaired) electrons. The van der Waals surface area contributed by atoms with Gasteiger partial charge in [0, 0.05) is 36.8 Å². The standard InChI is InChI=1S/C23H29N3O2/c1-25-13-6-11-23(16-25)17-26(2)21-10-9-18(15-20(21)23)22(27)24-12-14-28-19-7-4-3-5-8-19/h3-5,7-10,15H,6,11-14,16-17H2,1-2H3,(H,24,27). The number of rotatable bonds is 5. The number of carbonyl (C=O) groups is 1. The Hall–Kier alpha value is -2.53. The summed E-state index contributed by atoms with van der Waals surface area (Å²) in [6.07, 6.45) is 2.39. The fourth-order valence-corrected chi connectivity index (χ4v) is 4.72. The van der Waals surface area contributed by atoms with E-state index in [1.807, 2.05) is 36.4 Å². The molecule has 2 aromatic carbocycles. The first kappa shape index (κ1) is 18.8. The van der Waals surface area contributed by atoms with E-state index in [0.29, 0.717) is 13.2 Å². The summed E-state index contributed by atoms with van der Waals surface area (Å²) in [6, 6.07) is 15.8. The second kappa shape index (κ2) is 7.84. The third kappa shape index (κ3) is 3.72. The molecule has 2 aliphatic rings. The van der Waals surface area contributed by atoms with Crippen LogP contribution >= 0.6 is 0 Å². The molecule has 5 nitrogen and oxygen atoms in total. The summed E-state index contributed by atoms with van der Waals surface area (Å²) in [6.45, 7) is 4.18. The molecule has 2 heterocycles. The van der Waals surface area contributed by atoms with E-state index in [1.54, 1.807) is 0 Å². The summed E-state index contributed by atoms with van der Waals surface area (Å²) in [7, 11) is 4.35. The molecule has 0 bridgehead atoms. The number of fused-ring (bicyclic) bond motifs is 2. The quantitative estimate of drug-likeness (QED) is 0.812. The van der Waals surface area contributed by atoms with Gasteiger partial charge in [-0.2, -0.15) is 0 Å². The Morgan fingerprint density at radius 3 is 2.75 bits per heavy atom. The first-order valence-corrected chi connectivity index (χ1v) is 10.1. The molecule has 0 aliphatic carbocycles. The molecular weight excluding hydrogens is 350 g/mol. The summed E-state index contributed by atoms with van der Waals surface area (Å²) in [5.41, 5.74) is 3.47. The molecular formula is C23H29N3O2. The maximum absolute atomic E-state index is 12.7. The van der Waals surface area contributed by atoms with Gasteiger partial charge >= 0.3 is 0 Å². The van der Waals surface area contributed by atoms with Crippen molar-refractivity contribution in [2.75, 3.05) is 51.8 Å². The molecule has 1 saturated heterocycles. The van der Waals surface area contributed by atoms with Crippen LogP contribution in [0, 0.1) is 0 Å². The minimum absolute atomic E-state index is 0.0340. The van der Waals surface area contributed by atoms with Crippen LogP contribution in [0.1, 0.15) is 28.8 Å². The number of ether oxygens (including phenoxy) is 1. The third-order valence-electron chi connectivity index (χ3n) is 5.95. The van der Waals surface area contributed by atoms with Crippen molar-refractivity contribution in [3.8, 4) is 5.75 Å². The number of nitrogens with one attached hydrogen (secondary N) is 1. The minimum atomic E-state index is -0.0340. The number of hydrogen-bond acceptors (Lipinski definition) is 4. The van der Waals surface area contributed by atoms with Crippen molar-refractivity contribution in [1.82, 2.24) is 10.2 Å². The van der Waals surface area contributed by atoms with E-state index in [-0.39, 0.29) is 11.3 Å². The first-order chi connectivity index (χ1) is 13.6. The van der Waals surface area contributed by atoms with Crippen LogP contribution in [0.2, 0.25) is 0 Å². The lowest BCUT2D eigenvalue weighted by atomic mass is 9.75. The smallest absolute Gasteiger partial charge is 0.251 e. The van der Waals surface area contributed by atoms with Gasteiger partial charge in [-0.3, -0.25) is 4.79 Å². The SMILES string of the molecule is CN1CCCC2(C1)CN(C)c1ccc(C(=O)NCCOc3ccccc3)cc12. The Morgan fingerprint density at radius 2 is 1.96 bits per heavy atom. The molecule has 28 heavy (non-hydrogen) atoms. The molecule has 1 amide bonds. The third-order valence-corrected chi connectivity index (χ3v) is 5.95. The lowest BCUT2D eigenvalue weighted by Gasteiger charge is -2.39. The van der Waals surface area contributed by atoms with Crippen molar-refractivity contribution in [3.05, 3.63) is 59.7 Å². The maximum Gasteiger partial charge on any atom is 0.251 e. The average molecular weight is 380 g/mol. The highest BCUT2D eigenvalue weighted by Crippen LogP contribution is 2.45. The zero-order valence-electron chi connectivity index (χ0n) is 16.8. The van der Waals surface area contributed by atoms with Gasteiger partial charge in [0.15, 0.2) is 0 Å². The Balaban J connectivity index is 1.42. The van der Waals surface area contributed by atoms with Gasteiger partial charge < -0.3 is 19.9 Å². The van der Waals surface area contributed by atoms with Crippen molar-refractivity contribution in [1.29, 1.82) is 0 Å². The summed E-state index contributed by atoms with van der Waals surface area (Å²) < 4.78 is 5.66. The number of likely N-dealkylation sites (tertiary alicyclic amines) is 1. The van der Waals surface area contributed by atoms with Crippen LogP contribution in [0.3, 0.4) is 0 Å². The zero-order chi connectivity index (χ0) is 19.6. The Bertz CT molecular complexity index is 835. The second-order valence-corrected chi connectivity index (χ2v) is 8.13. The van der Waals surface area contributed by atoms with Crippen LogP contribution in [0.4, 0.5) is 5.69 Å². The van der Waals surface area contributed by atoms with Gasteiger partial charge in [-0.1, -0.05) is 18.2 Å². The highest BCUT2D eigenvalue weighted by Gasteiger charge is 2.43. The van der Waals surface area contributed by atoms with Gasteiger partial charge in [0.05, 0.1) is 6.54 Å². The average Bonchev–Trinajstić information content (AvgIpc) is 2.96. The Kier molecular flexibility index (Phi) is 5.27. The monoisotopic (exact) mass is 379 g/mol. The van der Waals surface area contributed by atoms with Crippen molar-refractivity contribution >= 4 is 11.6 Å². The number of piperidine rings is 1. The van der Waals surface area contributed by atoms with Crippen molar-refractivity contribution in [2.24, 2.45) is 0 Å². The lowest BCUT2D eigenvalue weighted by Crippen LogP contribution is -2.46. The fourth-order valence-electron chi connectivity index (χ4n) is 4.72. The lowest BCUT2D eigenvalue weighted by molar-refractivity contribution is 0.0946. The zero-order valence-corrected chi connectivity index (χ0v) is 16.8. The summed E-state index contributed by atoms with van der Waals surface area (Å²) in [4.78, 5) is 17.4. The molecule has 2 aromatic rings. The molecule has 0 aromatic heterocycles. The largest absolute Gasteiger partial charge is 0.492 e. The van der Waals surface area contributed by atoms with E-state index in [2.05, 4.69) is 41.3 Å². The van der Waals surface area contributed by atoms with E-state index in [9.17, 15) is 4.79 Å². The highest BCUT2D eigenvalue weighted by atomic mass is 16.5. The molecule has 1 fully saturated rings. The van der Waals surface area contributed by atoms with Gasteiger partial charge in [-0.15, -0.1) is 0 Å². The molecule has 1 N–H and O–H groups in total. The predicted octanol–water partition coefficient (Wildman–Crippen LogP) is 2.91. The second-order valence-electron chi connectivity index (χ2n) is 8.13. The van der Waals surface area contributed by atoms with Crippen LogP contribution in [-0.2, 0) is 5.41 Å². The number of hydrogen-bond donors (Lipinski definition) is 1. The van der Waals surface area contributed by atoms with Gasteiger partial charge in [0.2, 0.25) is 0 Å². The molecule has 5 heteroatoms. The number of nitrogens with zero attached hydrogens (tertiary/aromatic N) is 2. The van der Waals surface area contributed by atoms with Gasteiger partial charge in [0.1, 0.15) is 12.4 Å². The molecule has 0 saturated carbocycles. The first-order valence-electron chi connectivity index (χ1n) is 10.1. The summed E-state index contributed by atoms with van der Waals surface area (Å²) >= 11 is 0. The van der Waals surface area contributed by atoms with Crippen molar-refractivity contribution in [3.63, 3.8) is 0 Å². The summed E-state index contributed by atoms with van der Waals surface area (Å²) in [5.74, 6) is 0.786. The van der Waals surface area contributed by atoms with Gasteiger partial charge in [-0.05, 0) is 62.3 Å². The minimum Gasteiger partial charge on any atom is -0.492 e. The van der Waals surface area contributed by atoms with Gasteiger partial charge in [0.25, 0.3) is 5.91 Å². The molecule has 148 valence electrons. The topological polar surface area (TPSA) is 44.8 Å². The number of amides is 1. The predicted molar refractivity (Wildman–Crippen MR) is 112 cm³/mol. The Labute approximate surface area is 167 Å². The van der Waals surface area contributed by atoms with Crippen LogP contribution in [0.15, 0.2) is 48.5 Å². The highest BCUT2D eigenvalue weighted by molar-refractivity contribution is 5.95. The van der Waals surface area contributed by atoms with E-state index in [4.69, 9.17) is 4.74 Å². The van der Waals surface area contributed by atoms with E-state index < -0.39 is 0 Å². The van der Waals surface area contributed by atoms with Crippen LogP contribution < -0.4 is 15.0 Å². The molecule has 2 aliphatic heterocycles. The van der Waals surface area contributed by atoms with E-state index >= 15 is 0 Å². The van der Waals surface area contributed by atoms with Crippen molar-refractivity contribution < 1.29 is 9.53 Å². The van der Waals surface area contributed by atoms with Crippen molar-refractivity contribution in [2.45, 2.75) is 18.3 Å². The number of likely N-dealkylation sites (N-methyl/N-ethyl adjacent to an activating group) is 2. The van der Waals surface area contributed by atoms with E-state index in [1.165, 1.54) is 24.1 Å². The number of benzene rings is 2. The summed E-state index contributed by atoms with van der Waals surface area (Å²) in [5, 5.41) is 2.98. The Morgan fingerprint density at radius 1 is 1.14 bits per heavy atom. The number of carbonyl (C=O) groups excluding carboxylic acids is 1. The molecule has 4 rings (SSSR count). The number of anilines is 1. The van der Waals surface area contributed by atoms with Crippen LogP contribution in [0.25, 0.3) is 0 Å². The molecule has 1 spiro atoms. The van der Waals surface area contributed by atoms with Gasteiger partial charge in [-0.25, -0.2) is 0 Å².